The van der Waals surface area contributed by atoms with Crippen LogP contribution in [0.2, 0.25) is 0 Å². The number of carboxylic acid groups (broad SMARTS) is 1. The van der Waals surface area contributed by atoms with Gasteiger partial charge >= 0.3 is 5.97 Å². The molecule has 2 unspecified atom stereocenters. The van der Waals surface area contributed by atoms with Crippen molar-refractivity contribution in [2.75, 3.05) is 6.54 Å². The number of aliphatic carboxylic acids is 1. The van der Waals surface area contributed by atoms with Crippen LogP contribution in [0.15, 0.2) is 6.07 Å². The van der Waals surface area contributed by atoms with E-state index in [1.165, 1.54) is 19.3 Å². The number of hydrogen-bond acceptors (Lipinski definition) is 3. The predicted octanol–water partition coefficient (Wildman–Crippen LogP) is 2.78. The highest BCUT2D eigenvalue weighted by Crippen LogP contribution is 2.32. The second kappa shape index (κ2) is 6.72. The maximum Gasteiger partial charge on any atom is 0.308 e. The number of carboxylic acids is 1. The van der Waals surface area contributed by atoms with Crippen LogP contribution in [0.3, 0.4) is 0 Å². The quantitative estimate of drug-likeness (QED) is 0.897. The van der Waals surface area contributed by atoms with Crippen LogP contribution < -0.4 is 0 Å². The smallest absolute Gasteiger partial charge is 0.308 e. The molecule has 1 aromatic heterocycles. The third-order valence-corrected chi connectivity index (χ3v) is 5.35. The second-order valence-electron chi connectivity index (χ2n) is 6.96. The van der Waals surface area contributed by atoms with Gasteiger partial charge in [0.25, 0.3) is 5.91 Å². The Kier molecular flexibility index (Phi) is 4.68. The molecule has 6 heteroatoms. The molecular weight excluding hydrogens is 294 g/mol. The van der Waals surface area contributed by atoms with Crippen molar-refractivity contribution in [1.29, 1.82) is 0 Å². The fourth-order valence-electron chi connectivity index (χ4n) is 3.81. The van der Waals surface area contributed by atoms with E-state index in [-0.39, 0.29) is 18.5 Å². The first kappa shape index (κ1) is 16.0. The molecule has 2 aliphatic rings. The third kappa shape index (κ3) is 3.41. The molecule has 6 nitrogen and oxygen atoms in total. The van der Waals surface area contributed by atoms with Crippen molar-refractivity contribution in [2.24, 2.45) is 5.92 Å². The number of H-pyrrole nitrogens is 1. The molecule has 0 bridgehead atoms. The van der Waals surface area contributed by atoms with Crippen LogP contribution in [-0.2, 0) is 4.79 Å². The van der Waals surface area contributed by atoms with Crippen molar-refractivity contribution in [2.45, 2.75) is 63.8 Å². The Morgan fingerprint density at radius 2 is 1.96 bits per heavy atom. The van der Waals surface area contributed by atoms with Gasteiger partial charge in [0.05, 0.1) is 5.92 Å². The normalized spacial score (nSPS) is 26.2. The number of hydrogen-bond donors (Lipinski definition) is 2. The summed E-state index contributed by atoms with van der Waals surface area (Å²) in [6.07, 6.45) is 7.41. The van der Waals surface area contributed by atoms with Crippen LogP contribution in [0.25, 0.3) is 0 Å². The van der Waals surface area contributed by atoms with E-state index in [2.05, 4.69) is 10.2 Å². The topological polar surface area (TPSA) is 86.3 Å². The van der Waals surface area contributed by atoms with Crippen molar-refractivity contribution < 1.29 is 14.7 Å². The van der Waals surface area contributed by atoms with Gasteiger partial charge in [0.2, 0.25) is 0 Å². The Morgan fingerprint density at radius 3 is 2.65 bits per heavy atom. The first-order chi connectivity index (χ1) is 11.1. The van der Waals surface area contributed by atoms with Crippen molar-refractivity contribution in [1.82, 2.24) is 15.1 Å². The summed E-state index contributed by atoms with van der Waals surface area (Å²) in [7, 11) is 0. The molecule has 126 valence electrons. The molecule has 2 atom stereocenters. The fraction of sp³-hybridized carbons (Fsp3) is 0.706. The standard InChI is InChI=1S/C17H25N3O3/c1-11-7-8-13(17(22)23)10-20(11)16(21)15-9-14(18-19-15)12-5-3-2-4-6-12/h9,11-13H,2-8,10H2,1H3,(H,18,19)(H,22,23). The number of aromatic amines is 1. The average molecular weight is 319 g/mol. The summed E-state index contributed by atoms with van der Waals surface area (Å²) in [6.45, 7) is 2.26. The molecule has 2 fully saturated rings. The number of aromatic nitrogens is 2. The second-order valence-corrected chi connectivity index (χ2v) is 6.96. The zero-order valence-electron chi connectivity index (χ0n) is 13.6. The minimum absolute atomic E-state index is 0.0629. The molecule has 1 amide bonds. The van der Waals surface area contributed by atoms with Gasteiger partial charge in [0, 0.05) is 24.2 Å². The molecule has 1 aliphatic heterocycles. The van der Waals surface area contributed by atoms with Gasteiger partial charge < -0.3 is 10.0 Å². The van der Waals surface area contributed by atoms with E-state index in [9.17, 15) is 14.7 Å². The molecule has 1 saturated carbocycles. The van der Waals surface area contributed by atoms with E-state index < -0.39 is 11.9 Å². The summed E-state index contributed by atoms with van der Waals surface area (Å²) in [5, 5.41) is 16.4. The summed E-state index contributed by atoms with van der Waals surface area (Å²) < 4.78 is 0. The predicted molar refractivity (Wildman–Crippen MR) is 85.3 cm³/mol. The molecule has 0 spiro atoms. The number of carbonyl (C=O) groups is 2. The van der Waals surface area contributed by atoms with Crippen LogP contribution in [-0.4, -0.2) is 44.7 Å². The van der Waals surface area contributed by atoms with Crippen LogP contribution in [0, 0.1) is 5.92 Å². The van der Waals surface area contributed by atoms with Gasteiger partial charge in [-0.3, -0.25) is 14.7 Å². The molecule has 2 N–H and O–H groups in total. The molecule has 0 aromatic carbocycles. The van der Waals surface area contributed by atoms with Crippen molar-refractivity contribution in [3.05, 3.63) is 17.5 Å². The lowest BCUT2D eigenvalue weighted by Gasteiger charge is -2.36. The summed E-state index contributed by atoms with van der Waals surface area (Å²) in [6, 6.07) is 1.93. The Labute approximate surface area is 136 Å². The molecule has 1 aliphatic carbocycles. The highest BCUT2D eigenvalue weighted by Gasteiger charge is 2.34. The van der Waals surface area contributed by atoms with Crippen molar-refractivity contribution in [3.8, 4) is 0 Å². The first-order valence-corrected chi connectivity index (χ1v) is 8.65. The van der Waals surface area contributed by atoms with Gasteiger partial charge in [0.15, 0.2) is 0 Å². The number of likely N-dealkylation sites (tertiary alicyclic amines) is 1. The zero-order chi connectivity index (χ0) is 16.4. The fourth-order valence-corrected chi connectivity index (χ4v) is 3.81. The lowest BCUT2D eigenvalue weighted by molar-refractivity contribution is -0.143. The molecule has 1 aromatic rings. The molecular formula is C17H25N3O3. The number of nitrogens with one attached hydrogen (secondary N) is 1. The van der Waals surface area contributed by atoms with E-state index in [0.29, 0.717) is 18.0 Å². The van der Waals surface area contributed by atoms with E-state index in [4.69, 9.17) is 0 Å². The summed E-state index contributed by atoms with van der Waals surface area (Å²) in [5.41, 5.74) is 1.47. The Morgan fingerprint density at radius 1 is 1.22 bits per heavy atom. The van der Waals surface area contributed by atoms with Gasteiger partial charge in [-0.1, -0.05) is 19.3 Å². The maximum absolute atomic E-state index is 12.7. The summed E-state index contributed by atoms with van der Waals surface area (Å²) >= 11 is 0. The Hall–Kier alpha value is -1.85. The average Bonchev–Trinajstić information content (AvgIpc) is 3.05. The SMILES string of the molecule is CC1CCC(C(=O)O)CN1C(=O)c1cc(C2CCCCC2)[nH]n1. The molecule has 3 rings (SSSR count). The molecule has 23 heavy (non-hydrogen) atoms. The molecule has 0 radical (unpaired) electrons. The monoisotopic (exact) mass is 319 g/mol. The third-order valence-electron chi connectivity index (χ3n) is 5.35. The van der Waals surface area contributed by atoms with Crippen LogP contribution in [0.1, 0.15) is 74.0 Å². The number of carbonyl (C=O) groups excluding carboxylic acids is 1. The number of nitrogens with zero attached hydrogens (tertiary/aromatic N) is 2. The molecule has 1 saturated heterocycles. The van der Waals surface area contributed by atoms with Crippen LogP contribution >= 0.6 is 0 Å². The van der Waals surface area contributed by atoms with Gasteiger partial charge in [0.1, 0.15) is 5.69 Å². The number of amides is 1. The van der Waals surface area contributed by atoms with Gasteiger partial charge in [-0.05, 0) is 38.7 Å². The van der Waals surface area contributed by atoms with E-state index in [1.807, 2.05) is 13.0 Å². The minimum Gasteiger partial charge on any atom is -0.481 e. The Bertz CT molecular complexity index is 577. The first-order valence-electron chi connectivity index (χ1n) is 8.65. The highest BCUT2D eigenvalue weighted by molar-refractivity contribution is 5.93. The largest absolute Gasteiger partial charge is 0.481 e. The van der Waals surface area contributed by atoms with E-state index in [0.717, 1.165) is 25.0 Å². The van der Waals surface area contributed by atoms with Crippen molar-refractivity contribution in [3.63, 3.8) is 0 Å². The van der Waals surface area contributed by atoms with E-state index >= 15 is 0 Å². The molecule has 2 heterocycles. The van der Waals surface area contributed by atoms with Gasteiger partial charge in [-0.25, -0.2) is 0 Å². The number of rotatable bonds is 3. The highest BCUT2D eigenvalue weighted by atomic mass is 16.4. The van der Waals surface area contributed by atoms with Crippen molar-refractivity contribution >= 4 is 11.9 Å². The summed E-state index contributed by atoms with van der Waals surface area (Å²) in [4.78, 5) is 25.6. The Balaban J connectivity index is 1.71. The minimum atomic E-state index is -0.820. The summed E-state index contributed by atoms with van der Waals surface area (Å²) in [5.74, 6) is -0.961. The van der Waals surface area contributed by atoms with E-state index in [1.54, 1.807) is 4.90 Å². The van der Waals surface area contributed by atoms with Crippen LogP contribution in [0.5, 0.6) is 0 Å². The zero-order valence-corrected chi connectivity index (χ0v) is 13.6. The van der Waals surface area contributed by atoms with Crippen LogP contribution in [0.4, 0.5) is 0 Å². The lowest BCUT2D eigenvalue weighted by Crippen LogP contribution is -2.47. The van der Waals surface area contributed by atoms with Gasteiger partial charge in [-0.15, -0.1) is 0 Å². The van der Waals surface area contributed by atoms with Gasteiger partial charge in [-0.2, -0.15) is 5.10 Å². The lowest BCUT2D eigenvalue weighted by atomic mass is 9.87. The number of piperidine rings is 1. The maximum atomic E-state index is 12.7.